The van der Waals surface area contributed by atoms with E-state index >= 15 is 0 Å². The van der Waals surface area contributed by atoms with Crippen LogP contribution in [0.5, 0.6) is 0 Å². The summed E-state index contributed by atoms with van der Waals surface area (Å²) >= 11 is 0. The third kappa shape index (κ3) is 8.08. The maximum absolute atomic E-state index is 12.5. The lowest BCUT2D eigenvalue weighted by Crippen LogP contribution is -2.45. The minimum Gasteiger partial charge on any atom is -0.366 e. The Morgan fingerprint density at radius 3 is 1.76 bits per heavy atom. The van der Waals surface area contributed by atoms with Crippen molar-refractivity contribution in [3.63, 3.8) is 0 Å². The number of hydrogen-bond acceptors (Lipinski definition) is 1. The molecule has 0 fully saturated rings. The zero-order chi connectivity index (χ0) is 16.6. The highest BCUT2D eigenvalue weighted by Crippen LogP contribution is 2.44. The van der Waals surface area contributed by atoms with Crippen molar-refractivity contribution in [1.29, 1.82) is 0 Å². The topological polar surface area (TPSA) is 9.23 Å². The Balaban J connectivity index is 4.73. The van der Waals surface area contributed by atoms with E-state index in [9.17, 15) is 13.2 Å². The smallest absolute Gasteiger partial charge is 0.366 e. The van der Waals surface area contributed by atoms with E-state index in [1.165, 1.54) is 12.8 Å². The first-order valence-electron chi connectivity index (χ1n) is 8.28. The Labute approximate surface area is 128 Å². The summed E-state index contributed by atoms with van der Waals surface area (Å²) < 4.78 is 42.6. The Hall–Kier alpha value is -0.250. The van der Waals surface area contributed by atoms with E-state index in [1.807, 2.05) is 13.8 Å². The van der Waals surface area contributed by atoms with Crippen LogP contribution < -0.4 is 0 Å². The number of hydrogen-bond donors (Lipinski definition) is 0. The SMILES string of the molecule is CCCCCCC(C)(CCCC)C(C)(C)OCC(F)(F)F. The van der Waals surface area contributed by atoms with Gasteiger partial charge in [0.1, 0.15) is 6.61 Å². The molecule has 0 N–H and O–H groups in total. The molecule has 0 aliphatic heterocycles. The summed E-state index contributed by atoms with van der Waals surface area (Å²) in [6.45, 7) is 8.83. The number of ether oxygens (including phenoxy) is 1. The molecule has 0 aromatic heterocycles. The van der Waals surface area contributed by atoms with Crippen molar-refractivity contribution in [2.45, 2.75) is 97.8 Å². The van der Waals surface area contributed by atoms with E-state index in [-0.39, 0.29) is 5.41 Å². The molecule has 0 heterocycles. The average Bonchev–Trinajstić information content (AvgIpc) is 2.38. The molecular formula is C17H33F3O. The van der Waals surface area contributed by atoms with Crippen molar-refractivity contribution in [3.8, 4) is 0 Å². The van der Waals surface area contributed by atoms with Gasteiger partial charge in [0.05, 0.1) is 5.60 Å². The van der Waals surface area contributed by atoms with Gasteiger partial charge >= 0.3 is 6.18 Å². The van der Waals surface area contributed by atoms with Gasteiger partial charge in [0, 0.05) is 0 Å². The molecule has 0 radical (unpaired) electrons. The number of rotatable bonds is 11. The fourth-order valence-corrected chi connectivity index (χ4v) is 2.67. The number of halogens is 3. The van der Waals surface area contributed by atoms with E-state index in [4.69, 9.17) is 4.74 Å². The van der Waals surface area contributed by atoms with Gasteiger partial charge in [-0.1, -0.05) is 59.3 Å². The molecular weight excluding hydrogens is 277 g/mol. The molecule has 0 amide bonds. The standard InChI is InChI=1S/C17H33F3O/c1-6-8-10-11-13-16(5,12-9-7-2)15(3,4)21-14-17(18,19)20/h6-14H2,1-5H3. The molecule has 0 aliphatic carbocycles. The van der Waals surface area contributed by atoms with Crippen molar-refractivity contribution in [2.24, 2.45) is 5.41 Å². The van der Waals surface area contributed by atoms with Crippen LogP contribution in [0.3, 0.4) is 0 Å². The lowest BCUT2D eigenvalue weighted by molar-refractivity contribution is -0.221. The molecule has 0 aliphatic rings. The molecule has 0 rings (SSSR count). The van der Waals surface area contributed by atoms with Gasteiger partial charge in [0.15, 0.2) is 0 Å². The molecule has 0 saturated carbocycles. The van der Waals surface area contributed by atoms with Gasteiger partial charge in [-0.05, 0) is 32.1 Å². The molecule has 0 aromatic carbocycles. The van der Waals surface area contributed by atoms with Crippen molar-refractivity contribution in [2.75, 3.05) is 6.61 Å². The van der Waals surface area contributed by atoms with Gasteiger partial charge in [-0.25, -0.2) is 0 Å². The van der Waals surface area contributed by atoms with Gasteiger partial charge in [-0.15, -0.1) is 0 Å². The van der Waals surface area contributed by atoms with Crippen LogP contribution in [0.15, 0.2) is 0 Å². The van der Waals surface area contributed by atoms with Gasteiger partial charge in [-0.3, -0.25) is 0 Å². The monoisotopic (exact) mass is 310 g/mol. The third-order valence-electron chi connectivity index (χ3n) is 4.71. The van der Waals surface area contributed by atoms with E-state index in [0.717, 1.165) is 38.5 Å². The maximum Gasteiger partial charge on any atom is 0.411 e. The Morgan fingerprint density at radius 2 is 1.29 bits per heavy atom. The van der Waals surface area contributed by atoms with E-state index < -0.39 is 18.4 Å². The molecule has 4 heteroatoms. The Bertz CT molecular complexity index is 274. The van der Waals surface area contributed by atoms with Crippen LogP contribution >= 0.6 is 0 Å². The number of unbranched alkanes of at least 4 members (excludes halogenated alkanes) is 4. The zero-order valence-corrected chi connectivity index (χ0v) is 14.4. The second-order valence-electron chi connectivity index (χ2n) is 6.89. The van der Waals surface area contributed by atoms with Gasteiger partial charge in [-0.2, -0.15) is 13.2 Å². The molecule has 0 aromatic rings. The van der Waals surface area contributed by atoms with E-state index in [1.54, 1.807) is 0 Å². The van der Waals surface area contributed by atoms with Crippen molar-refractivity contribution in [3.05, 3.63) is 0 Å². The van der Waals surface area contributed by atoms with Crippen LogP contribution in [0.2, 0.25) is 0 Å². The molecule has 1 atom stereocenters. The first-order chi connectivity index (χ1) is 9.58. The molecule has 128 valence electrons. The summed E-state index contributed by atoms with van der Waals surface area (Å²) in [5.41, 5.74) is -0.966. The summed E-state index contributed by atoms with van der Waals surface area (Å²) in [7, 11) is 0. The molecule has 21 heavy (non-hydrogen) atoms. The fraction of sp³-hybridized carbons (Fsp3) is 1.00. The second kappa shape index (κ2) is 9.02. The summed E-state index contributed by atoms with van der Waals surface area (Å²) in [5, 5.41) is 0. The van der Waals surface area contributed by atoms with Gasteiger partial charge in [0.2, 0.25) is 0 Å². The Kier molecular flexibility index (Phi) is 8.91. The van der Waals surface area contributed by atoms with Crippen molar-refractivity contribution < 1.29 is 17.9 Å². The van der Waals surface area contributed by atoms with Crippen molar-refractivity contribution >= 4 is 0 Å². The largest absolute Gasteiger partial charge is 0.411 e. The maximum atomic E-state index is 12.5. The van der Waals surface area contributed by atoms with E-state index in [0.29, 0.717) is 0 Å². The second-order valence-corrected chi connectivity index (χ2v) is 6.89. The first-order valence-corrected chi connectivity index (χ1v) is 8.28. The van der Waals surface area contributed by atoms with E-state index in [2.05, 4.69) is 20.8 Å². The predicted molar refractivity (Wildman–Crippen MR) is 82.5 cm³/mol. The summed E-state index contributed by atoms with van der Waals surface area (Å²) in [6.07, 6.45) is 4.24. The highest BCUT2D eigenvalue weighted by Gasteiger charge is 2.43. The minimum absolute atomic E-state index is 0.206. The van der Waals surface area contributed by atoms with Crippen LogP contribution in [-0.2, 0) is 4.74 Å². The summed E-state index contributed by atoms with van der Waals surface area (Å²) in [4.78, 5) is 0. The average molecular weight is 310 g/mol. The third-order valence-corrected chi connectivity index (χ3v) is 4.71. The summed E-state index contributed by atoms with van der Waals surface area (Å²) in [6, 6.07) is 0. The number of alkyl halides is 3. The lowest BCUT2D eigenvalue weighted by Gasteiger charge is -2.45. The zero-order valence-electron chi connectivity index (χ0n) is 14.4. The molecule has 1 nitrogen and oxygen atoms in total. The van der Waals surface area contributed by atoms with Crippen LogP contribution in [0.1, 0.15) is 86.0 Å². The highest BCUT2D eigenvalue weighted by molar-refractivity contribution is 4.91. The summed E-state index contributed by atoms with van der Waals surface area (Å²) in [5.74, 6) is 0. The van der Waals surface area contributed by atoms with Crippen LogP contribution in [-0.4, -0.2) is 18.4 Å². The van der Waals surface area contributed by atoms with Crippen molar-refractivity contribution in [1.82, 2.24) is 0 Å². The lowest BCUT2D eigenvalue weighted by atomic mass is 9.68. The molecule has 0 spiro atoms. The van der Waals surface area contributed by atoms with Crippen LogP contribution in [0, 0.1) is 5.41 Å². The van der Waals surface area contributed by atoms with Crippen LogP contribution in [0.4, 0.5) is 13.2 Å². The molecule has 0 bridgehead atoms. The molecule has 1 unspecified atom stereocenters. The predicted octanol–water partition coefficient (Wildman–Crippen LogP) is 6.51. The fourth-order valence-electron chi connectivity index (χ4n) is 2.67. The minimum atomic E-state index is -4.26. The van der Waals surface area contributed by atoms with Crippen LogP contribution in [0.25, 0.3) is 0 Å². The normalized spacial score (nSPS) is 16.0. The first kappa shape index (κ1) is 20.8. The molecule has 0 saturated heterocycles. The van der Waals surface area contributed by atoms with Gasteiger partial charge in [0.25, 0.3) is 0 Å². The van der Waals surface area contributed by atoms with Gasteiger partial charge < -0.3 is 4.74 Å². The quantitative estimate of drug-likeness (QED) is 0.395. The highest BCUT2D eigenvalue weighted by atomic mass is 19.4. The Morgan fingerprint density at radius 1 is 0.762 bits per heavy atom.